The number of unbranched alkanes of at least 4 members (excludes halogenated alkanes) is 7. The smallest absolute Gasteiger partial charge is 0.343 e. The van der Waals surface area contributed by atoms with Gasteiger partial charge in [0.2, 0.25) is 0 Å². The number of aliphatic hydroxyl groups is 1. The van der Waals surface area contributed by atoms with Gasteiger partial charge in [-0.05, 0) is 74.2 Å². The summed E-state index contributed by atoms with van der Waals surface area (Å²) >= 11 is 0. The van der Waals surface area contributed by atoms with Gasteiger partial charge in [-0.3, -0.25) is 0 Å². The first kappa shape index (κ1) is 28.7. The topological polar surface area (TPSA) is 65.0 Å². The lowest BCUT2D eigenvalue weighted by atomic mass is 10.0. The van der Waals surface area contributed by atoms with Crippen molar-refractivity contribution in [1.82, 2.24) is 0 Å². The molecule has 0 fully saturated rings. The van der Waals surface area contributed by atoms with Crippen LogP contribution in [0.2, 0.25) is 0 Å². The van der Waals surface area contributed by atoms with Gasteiger partial charge in [-0.1, -0.05) is 65.7 Å². The molecule has 0 saturated heterocycles. The number of aliphatic hydroxyl groups excluding tert-OH is 1. The molecular formula is C30H44O5. The summed E-state index contributed by atoms with van der Waals surface area (Å²) in [5.41, 5.74) is 0.433. The van der Waals surface area contributed by atoms with Gasteiger partial charge in [0.15, 0.2) is 0 Å². The first-order valence-electron chi connectivity index (χ1n) is 13.3. The van der Waals surface area contributed by atoms with Crippen LogP contribution >= 0.6 is 0 Å². The second-order valence-corrected chi connectivity index (χ2v) is 9.73. The third-order valence-electron chi connectivity index (χ3n) is 5.97. The van der Waals surface area contributed by atoms with E-state index in [9.17, 15) is 9.90 Å². The maximum atomic E-state index is 12.5. The zero-order valence-electron chi connectivity index (χ0n) is 22.0. The van der Waals surface area contributed by atoms with Crippen LogP contribution in [0, 0.1) is 5.92 Å². The van der Waals surface area contributed by atoms with Crippen LogP contribution in [-0.2, 0) is 0 Å². The predicted octanol–water partition coefficient (Wildman–Crippen LogP) is 7.60. The van der Waals surface area contributed by atoms with Gasteiger partial charge in [0.05, 0.1) is 18.3 Å². The summed E-state index contributed by atoms with van der Waals surface area (Å²) < 4.78 is 17.1. The molecule has 0 heterocycles. The van der Waals surface area contributed by atoms with E-state index in [1.165, 1.54) is 44.9 Å². The van der Waals surface area contributed by atoms with E-state index < -0.39 is 12.1 Å². The van der Waals surface area contributed by atoms with E-state index in [4.69, 9.17) is 14.2 Å². The van der Waals surface area contributed by atoms with Crippen molar-refractivity contribution in [3.05, 3.63) is 54.1 Å². The zero-order chi connectivity index (χ0) is 25.5. The standard InChI is InChI=1S/C30H44O5/c1-5-6-7-8-9-10-11-12-21-33-26-17-19-28(20-18-26)35-30(32)25-13-15-27(16-14-25)34-24(4)29(31)22-23(2)3/h13-20,23-24,29,31H,5-12,21-22H2,1-4H3/t24-,29+/m0/s1. The first-order valence-corrected chi connectivity index (χ1v) is 13.3. The lowest BCUT2D eigenvalue weighted by molar-refractivity contribution is 0.0336. The van der Waals surface area contributed by atoms with Gasteiger partial charge >= 0.3 is 5.97 Å². The number of carbonyl (C=O) groups is 1. The SMILES string of the molecule is CCCCCCCCCCOc1ccc(OC(=O)c2ccc(O[C@@H](C)[C@H](O)CC(C)C)cc2)cc1. The Labute approximate surface area is 211 Å². The molecule has 2 aromatic rings. The number of rotatable bonds is 17. The fourth-order valence-electron chi connectivity index (χ4n) is 3.83. The minimum absolute atomic E-state index is 0.327. The van der Waals surface area contributed by atoms with Crippen LogP contribution in [0.4, 0.5) is 0 Å². The Hall–Kier alpha value is -2.53. The molecule has 0 aromatic heterocycles. The largest absolute Gasteiger partial charge is 0.494 e. The first-order chi connectivity index (χ1) is 16.9. The maximum Gasteiger partial charge on any atom is 0.343 e. The molecule has 35 heavy (non-hydrogen) atoms. The highest BCUT2D eigenvalue weighted by Crippen LogP contribution is 2.21. The summed E-state index contributed by atoms with van der Waals surface area (Å²) in [5.74, 6) is 1.82. The Morgan fingerprint density at radius 3 is 1.91 bits per heavy atom. The predicted molar refractivity (Wildman–Crippen MR) is 141 cm³/mol. The number of benzene rings is 2. The van der Waals surface area contributed by atoms with Crippen LogP contribution in [0.25, 0.3) is 0 Å². The number of carbonyl (C=O) groups excluding carboxylic acids is 1. The summed E-state index contributed by atoms with van der Waals surface area (Å²) in [6.45, 7) is 8.92. The second kappa shape index (κ2) is 16.2. The van der Waals surface area contributed by atoms with E-state index >= 15 is 0 Å². The number of hydrogen-bond donors (Lipinski definition) is 1. The fraction of sp³-hybridized carbons (Fsp3) is 0.567. The van der Waals surface area contributed by atoms with Crippen LogP contribution in [0.5, 0.6) is 17.2 Å². The minimum Gasteiger partial charge on any atom is -0.494 e. The average Bonchev–Trinajstić information content (AvgIpc) is 2.84. The molecule has 0 spiro atoms. The molecular weight excluding hydrogens is 440 g/mol. The number of hydrogen-bond acceptors (Lipinski definition) is 5. The summed E-state index contributed by atoms with van der Waals surface area (Å²) in [6, 6.07) is 13.9. The van der Waals surface area contributed by atoms with Crippen molar-refractivity contribution >= 4 is 5.97 Å². The van der Waals surface area contributed by atoms with Crippen molar-refractivity contribution in [3.8, 4) is 17.2 Å². The maximum absolute atomic E-state index is 12.5. The number of ether oxygens (including phenoxy) is 3. The molecule has 0 saturated carbocycles. The van der Waals surface area contributed by atoms with E-state index in [-0.39, 0.29) is 6.10 Å². The second-order valence-electron chi connectivity index (χ2n) is 9.73. The third-order valence-corrected chi connectivity index (χ3v) is 5.97. The highest BCUT2D eigenvalue weighted by molar-refractivity contribution is 5.91. The van der Waals surface area contributed by atoms with E-state index in [0.29, 0.717) is 36.0 Å². The Kier molecular flexibility index (Phi) is 13.3. The van der Waals surface area contributed by atoms with Gasteiger partial charge in [-0.25, -0.2) is 4.79 Å². The average molecular weight is 485 g/mol. The molecule has 2 rings (SSSR count). The lowest BCUT2D eigenvalue weighted by Gasteiger charge is -2.22. The lowest BCUT2D eigenvalue weighted by Crippen LogP contribution is -2.29. The van der Waals surface area contributed by atoms with Gasteiger partial charge < -0.3 is 19.3 Å². The van der Waals surface area contributed by atoms with Crippen LogP contribution in [0.1, 0.15) is 95.8 Å². The molecule has 194 valence electrons. The summed E-state index contributed by atoms with van der Waals surface area (Å²) in [6.07, 6.45) is 9.99. The molecule has 2 atom stereocenters. The quantitative estimate of drug-likeness (QED) is 0.142. The molecule has 5 nitrogen and oxygen atoms in total. The monoisotopic (exact) mass is 484 g/mol. The van der Waals surface area contributed by atoms with Crippen LogP contribution in [-0.4, -0.2) is 29.9 Å². The van der Waals surface area contributed by atoms with Gasteiger partial charge in [-0.15, -0.1) is 0 Å². The summed E-state index contributed by atoms with van der Waals surface area (Å²) in [5, 5.41) is 10.2. The highest BCUT2D eigenvalue weighted by atomic mass is 16.5. The van der Waals surface area contributed by atoms with Crippen molar-refractivity contribution in [3.63, 3.8) is 0 Å². The Morgan fingerprint density at radius 2 is 1.31 bits per heavy atom. The van der Waals surface area contributed by atoms with E-state index in [0.717, 1.165) is 12.2 Å². The number of esters is 1. The third kappa shape index (κ3) is 11.6. The molecule has 0 aliphatic carbocycles. The van der Waals surface area contributed by atoms with Crippen molar-refractivity contribution in [1.29, 1.82) is 0 Å². The van der Waals surface area contributed by atoms with Gasteiger partial charge in [0.25, 0.3) is 0 Å². The van der Waals surface area contributed by atoms with Crippen LogP contribution in [0.3, 0.4) is 0 Å². The van der Waals surface area contributed by atoms with Crippen molar-refractivity contribution in [2.24, 2.45) is 5.92 Å². The van der Waals surface area contributed by atoms with Gasteiger partial charge in [0.1, 0.15) is 23.4 Å². The molecule has 5 heteroatoms. The van der Waals surface area contributed by atoms with Crippen molar-refractivity contribution < 1.29 is 24.1 Å². The van der Waals surface area contributed by atoms with E-state index in [1.54, 1.807) is 36.4 Å². The molecule has 0 unspecified atom stereocenters. The Bertz CT molecular complexity index is 829. The van der Waals surface area contributed by atoms with Crippen LogP contribution < -0.4 is 14.2 Å². The zero-order valence-corrected chi connectivity index (χ0v) is 22.0. The molecule has 2 aromatic carbocycles. The van der Waals surface area contributed by atoms with E-state index in [2.05, 4.69) is 20.8 Å². The minimum atomic E-state index is -0.535. The molecule has 0 bridgehead atoms. The Morgan fingerprint density at radius 1 is 0.771 bits per heavy atom. The molecule has 0 radical (unpaired) electrons. The molecule has 0 amide bonds. The molecule has 0 aliphatic rings. The summed E-state index contributed by atoms with van der Waals surface area (Å²) in [7, 11) is 0. The molecule has 0 aliphatic heterocycles. The van der Waals surface area contributed by atoms with Crippen molar-refractivity contribution in [2.45, 2.75) is 97.7 Å². The van der Waals surface area contributed by atoms with Crippen molar-refractivity contribution in [2.75, 3.05) is 6.61 Å². The summed E-state index contributed by atoms with van der Waals surface area (Å²) in [4.78, 5) is 12.5. The fourth-order valence-corrected chi connectivity index (χ4v) is 3.83. The van der Waals surface area contributed by atoms with Crippen LogP contribution in [0.15, 0.2) is 48.5 Å². The normalized spacial score (nSPS) is 12.9. The molecule has 1 N–H and O–H groups in total. The highest BCUT2D eigenvalue weighted by Gasteiger charge is 2.17. The Balaban J connectivity index is 1.70. The van der Waals surface area contributed by atoms with Gasteiger partial charge in [-0.2, -0.15) is 0 Å². The van der Waals surface area contributed by atoms with E-state index in [1.807, 2.05) is 19.1 Å². The van der Waals surface area contributed by atoms with Gasteiger partial charge in [0, 0.05) is 0 Å².